The van der Waals surface area contributed by atoms with Gasteiger partial charge in [0.15, 0.2) is 11.5 Å². The lowest BCUT2D eigenvalue weighted by molar-refractivity contribution is 0.0933. The van der Waals surface area contributed by atoms with Gasteiger partial charge in [0.1, 0.15) is 0 Å². The molecule has 0 aliphatic heterocycles. The summed E-state index contributed by atoms with van der Waals surface area (Å²) in [6, 6.07) is 7.02. The van der Waals surface area contributed by atoms with Gasteiger partial charge < -0.3 is 14.8 Å². The molecule has 1 atom stereocenters. The number of aryl methyl sites for hydroxylation is 1. The van der Waals surface area contributed by atoms with Crippen molar-refractivity contribution < 1.29 is 14.3 Å². The first-order valence-electron chi connectivity index (χ1n) is 8.09. The van der Waals surface area contributed by atoms with Gasteiger partial charge in [0, 0.05) is 18.8 Å². The van der Waals surface area contributed by atoms with Crippen molar-refractivity contribution in [2.24, 2.45) is 7.05 Å². The fourth-order valence-corrected chi connectivity index (χ4v) is 2.51. The van der Waals surface area contributed by atoms with E-state index in [1.54, 1.807) is 36.2 Å². The van der Waals surface area contributed by atoms with E-state index in [-0.39, 0.29) is 18.1 Å². The highest BCUT2D eigenvalue weighted by atomic mass is 16.5. The molecule has 0 saturated carbocycles. The van der Waals surface area contributed by atoms with E-state index < -0.39 is 0 Å². The van der Waals surface area contributed by atoms with Crippen LogP contribution >= 0.6 is 0 Å². The quantitative estimate of drug-likeness (QED) is 0.847. The van der Waals surface area contributed by atoms with E-state index in [1.807, 2.05) is 33.9 Å². The fourth-order valence-electron chi connectivity index (χ4n) is 2.51. The summed E-state index contributed by atoms with van der Waals surface area (Å²) in [5, 5.41) is 7.20. The second-order valence-electron chi connectivity index (χ2n) is 5.85. The molecule has 0 aliphatic carbocycles. The molecule has 2 aromatic rings. The Morgan fingerprint density at radius 1 is 1.29 bits per heavy atom. The first-order valence-corrected chi connectivity index (χ1v) is 8.09. The number of carbonyl (C=O) groups excluding carboxylic acids is 1. The molecule has 0 bridgehead atoms. The molecule has 0 fully saturated rings. The zero-order valence-electron chi connectivity index (χ0n) is 14.9. The highest BCUT2D eigenvalue weighted by Gasteiger charge is 2.18. The Morgan fingerprint density at radius 3 is 2.58 bits per heavy atom. The second kappa shape index (κ2) is 7.86. The van der Waals surface area contributed by atoms with Gasteiger partial charge in [-0.2, -0.15) is 5.10 Å². The van der Waals surface area contributed by atoms with Crippen LogP contribution in [0.5, 0.6) is 11.5 Å². The number of aromatic nitrogens is 2. The third-order valence-corrected chi connectivity index (χ3v) is 3.72. The first kappa shape index (κ1) is 17.8. The average molecular weight is 331 g/mol. The maximum atomic E-state index is 12.6. The number of amides is 1. The van der Waals surface area contributed by atoms with Crippen molar-refractivity contribution in [3.05, 3.63) is 41.7 Å². The summed E-state index contributed by atoms with van der Waals surface area (Å²) < 4.78 is 12.8. The summed E-state index contributed by atoms with van der Waals surface area (Å²) in [4.78, 5) is 12.6. The molecule has 0 spiro atoms. The highest BCUT2D eigenvalue weighted by Crippen LogP contribution is 2.29. The predicted octanol–water partition coefficient (Wildman–Crippen LogP) is 3.10. The first-order chi connectivity index (χ1) is 11.5. The number of carbonyl (C=O) groups is 1. The number of hydrogen-bond acceptors (Lipinski definition) is 4. The van der Waals surface area contributed by atoms with Gasteiger partial charge in [-0.05, 0) is 44.5 Å². The summed E-state index contributed by atoms with van der Waals surface area (Å²) in [5.41, 5.74) is 1.50. The zero-order valence-corrected chi connectivity index (χ0v) is 14.9. The predicted molar refractivity (Wildman–Crippen MR) is 92.5 cm³/mol. The van der Waals surface area contributed by atoms with Crippen LogP contribution in [-0.2, 0) is 7.05 Å². The van der Waals surface area contributed by atoms with Gasteiger partial charge in [0.25, 0.3) is 5.91 Å². The molecular weight excluding hydrogens is 306 g/mol. The van der Waals surface area contributed by atoms with Gasteiger partial charge in [0.2, 0.25) is 0 Å². The highest BCUT2D eigenvalue weighted by molar-refractivity contribution is 5.95. The van der Waals surface area contributed by atoms with Crippen LogP contribution < -0.4 is 14.8 Å². The van der Waals surface area contributed by atoms with Crippen molar-refractivity contribution in [3.8, 4) is 11.5 Å². The molecule has 24 heavy (non-hydrogen) atoms. The van der Waals surface area contributed by atoms with E-state index in [9.17, 15) is 4.79 Å². The molecule has 0 aliphatic rings. The van der Waals surface area contributed by atoms with Gasteiger partial charge in [0.05, 0.1) is 24.9 Å². The lowest BCUT2D eigenvalue weighted by Gasteiger charge is -2.18. The minimum Gasteiger partial charge on any atom is -0.493 e. The molecule has 2 rings (SSSR count). The van der Waals surface area contributed by atoms with Crippen molar-refractivity contribution in [1.29, 1.82) is 0 Å². The third-order valence-electron chi connectivity index (χ3n) is 3.72. The van der Waals surface area contributed by atoms with Crippen LogP contribution in [0.4, 0.5) is 0 Å². The molecule has 6 nitrogen and oxygen atoms in total. The summed E-state index contributed by atoms with van der Waals surface area (Å²) >= 11 is 0. The molecule has 0 radical (unpaired) electrons. The molecule has 130 valence electrons. The molecule has 1 heterocycles. The Labute approximate surface area is 142 Å². The molecule has 1 aromatic heterocycles. The maximum Gasteiger partial charge on any atom is 0.251 e. The number of benzene rings is 1. The van der Waals surface area contributed by atoms with Crippen molar-refractivity contribution in [2.75, 3.05) is 7.11 Å². The van der Waals surface area contributed by atoms with E-state index in [0.717, 1.165) is 12.1 Å². The number of nitrogens with zero attached hydrogens (tertiary/aromatic N) is 2. The van der Waals surface area contributed by atoms with Gasteiger partial charge in [-0.3, -0.25) is 9.48 Å². The van der Waals surface area contributed by atoms with Gasteiger partial charge in [-0.15, -0.1) is 0 Å². The monoisotopic (exact) mass is 331 g/mol. The SMILES string of the molecule is CCC(NC(=O)c1ccc(OC(C)C)c(OC)c1)c1ccnn1C. The minimum atomic E-state index is -0.155. The Balaban J connectivity index is 2.18. The van der Waals surface area contributed by atoms with Gasteiger partial charge in [-0.25, -0.2) is 0 Å². The van der Waals surface area contributed by atoms with E-state index in [4.69, 9.17) is 9.47 Å². The maximum absolute atomic E-state index is 12.6. The normalized spacial score (nSPS) is 12.1. The van der Waals surface area contributed by atoms with E-state index in [2.05, 4.69) is 10.4 Å². The Bertz CT molecular complexity index is 695. The summed E-state index contributed by atoms with van der Waals surface area (Å²) in [6.45, 7) is 5.91. The number of nitrogens with one attached hydrogen (secondary N) is 1. The minimum absolute atomic E-state index is 0.0351. The standard InChI is InChI=1S/C18H25N3O3/c1-6-14(15-9-10-19-21(15)4)20-18(22)13-7-8-16(24-12(2)3)17(11-13)23-5/h7-12,14H,6H2,1-5H3,(H,20,22). The zero-order chi connectivity index (χ0) is 17.7. The third kappa shape index (κ3) is 4.07. The molecular formula is C18H25N3O3. The van der Waals surface area contributed by atoms with Crippen molar-refractivity contribution in [2.45, 2.75) is 39.3 Å². The smallest absolute Gasteiger partial charge is 0.251 e. The largest absolute Gasteiger partial charge is 0.493 e. The summed E-state index contributed by atoms with van der Waals surface area (Å²) in [5.74, 6) is 1.02. The van der Waals surface area contributed by atoms with Crippen LogP contribution in [0.1, 0.15) is 49.3 Å². The molecule has 1 aromatic carbocycles. The topological polar surface area (TPSA) is 65.4 Å². The number of hydrogen-bond donors (Lipinski definition) is 1. The number of rotatable bonds is 7. The Kier molecular flexibility index (Phi) is 5.84. The van der Waals surface area contributed by atoms with Crippen LogP contribution in [-0.4, -0.2) is 28.9 Å². The average Bonchev–Trinajstić information content (AvgIpc) is 2.98. The Morgan fingerprint density at radius 2 is 2.04 bits per heavy atom. The van der Waals surface area contributed by atoms with E-state index in [0.29, 0.717) is 17.1 Å². The van der Waals surface area contributed by atoms with Crippen LogP contribution in [0, 0.1) is 0 Å². The number of methoxy groups -OCH3 is 1. The lowest BCUT2D eigenvalue weighted by atomic mass is 10.1. The molecule has 1 amide bonds. The second-order valence-corrected chi connectivity index (χ2v) is 5.85. The summed E-state index contributed by atoms with van der Waals surface area (Å²) in [6.07, 6.45) is 2.54. The Hall–Kier alpha value is -2.50. The van der Waals surface area contributed by atoms with Crippen molar-refractivity contribution in [1.82, 2.24) is 15.1 Å². The van der Waals surface area contributed by atoms with Crippen LogP contribution in [0.15, 0.2) is 30.5 Å². The fraction of sp³-hybridized carbons (Fsp3) is 0.444. The van der Waals surface area contributed by atoms with Crippen LogP contribution in [0.25, 0.3) is 0 Å². The van der Waals surface area contributed by atoms with Gasteiger partial charge >= 0.3 is 0 Å². The van der Waals surface area contributed by atoms with Crippen LogP contribution in [0.3, 0.4) is 0 Å². The summed E-state index contributed by atoms with van der Waals surface area (Å²) in [7, 11) is 3.43. The lowest BCUT2D eigenvalue weighted by Crippen LogP contribution is -2.29. The molecule has 0 saturated heterocycles. The van der Waals surface area contributed by atoms with Crippen molar-refractivity contribution in [3.63, 3.8) is 0 Å². The number of ether oxygens (including phenoxy) is 2. The molecule has 1 N–H and O–H groups in total. The molecule has 1 unspecified atom stereocenters. The van der Waals surface area contributed by atoms with Crippen LogP contribution in [0.2, 0.25) is 0 Å². The molecule has 6 heteroatoms. The van der Waals surface area contributed by atoms with Gasteiger partial charge in [-0.1, -0.05) is 6.92 Å². The van der Waals surface area contributed by atoms with Crippen molar-refractivity contribution >= 4 is 5.91 Å². The van der Waals surface area contributed by atoms with E-state index >= 15 is 0 Å². The van der Waals surface area contributed by atoms with E-state index in [1.165, 1.54) is 0 Å².